The lowest BCUT2D eigenvalue weighted by molar-refractivity contribution is -0.115. The van der Waals surface area contributed by atoms with Crippen LogP contribution in [0.2, 0.25) is 5.15 Å². The van der Waals surface area contributed by atoms with Crippen LogP contribution in [0.3, 0.4) is 0 Å². The number of hydrogen-bond acceptors (Lipinski definition) is 3. The van der Waals surface area contributed by atoms with Gasteiger partial charge in [0.25, 0.3) is 0 Å². The Balaban J connectivity index is 1.75. The molecule has 22 heavy (non-hydrogen) atoms. The molecule has 1 aromatic carbocycles. The summed E-state index contributed by atoms with van der Waals surface area (Å²) in [6.45, 7) is 0.737. The summed E-state index contributed by atoms with van der Waals surface area (Å²) in [4.78, 5) is 17.9. The van der Waals surface area contributed by atoms with E-state index in [9.17, 15) is 9.18 Å². The molecule has 0 saturated heterocycles. The number of carbonyl (C=O) groups is 1. The average molecular weight is 320 g/mol. The molecule has 1 amide bonds. The molecule has 1 aromatic heterocycles. The van der Waals surface area contributed by atoms with E-state index in [0.717, 1.165) is 18.4 Å². The number of benzene rings is 1. The van der Waals surface area contributed by atoms with Crippen LogP contribution in [-0.2, 0) is 11.2 Å². The Morgan fingerprint density at radius 3 is 3.05 bits per heavy atom. The van der Waals surface area contributed by atoms with Gasteiger partial charge < -0.3 is 10.2 Å². The predicted molar refractivity (Wildman–Crippen MR) is 84.8 cm³/mol. The number of halogens is 2. The summed E-state index contributed by atoms with van der Waals surface area (Å²) in [5.41, 5.74) is 1.93. The lowest BCUT2D eigenvalue weighted by Crippen LogP contribution is -2.37. The molecule has 0 fully saturated rings. The fourth-order valence-corrected chi connectivity index (χ4v) is 2.86. The van der Waals surface area contributed by atoms with Crippen LogP contribution >= 0.6 is 11.6 Å². The summed E-state index contributed by atoms with van der Waals surface area (Å²) in [6.07, 6.45) is 3.28. The molecule has 0 saturated carbocycles. The van der Waals surface area contributed by atoms with E-state index in [1.54, 1.807) is 29.3 Å². The number of amides is 1. The zero-order valence-electron chi connectivity index (χ0n) is 11.9. The monoisotopic (exact) mass is 319 g/mol. The summed E-state index contributed by atoms with van der Waals surface area (Å²) < 4.78 is 14.1. The van der Waals surface area contributed by atoms with Crippen molar-refractivity contribution in [1.29, 1.82) is 0 Å². The maximum Gasteiger partial charge on any atom is 0.243 e. The second-order valence-electron chi connectivity index (χ2n) is 5.16. The first kappa shape index (κ1) is 14.8. The Bertz CT molecular complexity index is 708. The number of pyridine rings is 1. The highest BCUT2D eigenvalue weighted by atomic mass is 35.5. The molecule has 114 valence electrons. The Labute approximate surface area is 132 Å². The van der Waals surface area contributed by atoms with Crippen molar-refractivity contribution in [1.82, 2.24) is 4.98 Å². The zero-order chi connectivity index (χ0) is 15.5. The summed E-state index contributed by atoms with van der Waals surface area (Å²) in [5.74, 6) is -0.532. The number of carbonyl (C=O) groups excluding carboxylic acids is 1. The topological polar surface area (TPSA) is 45.2 Å². The smallest absolute Gasteiger partial charge is 0.243 e. The molecular formula is C16H15ClFN3O. The summed E-state index contributed by atoms with van der Waals surface area (Å²) in [7, 11) is 0. The Hall–Kier alpha value is -2.14. The van der Waals surface area contributed by atoms with Crippen molar-refractivity contribution in [3.8, 4) is 0 Å². The van der Waals surface area contributed by atoms with Gasteiger partial charge in [0.15, 0.2) is 5.15 Å². The van der Waals surface area contributed by atoms with Crippen LogP contribution in [0.25, 0.3) is 0 Å². The van der Waals surface area contributed by atoms with E-state index in [4.69, 9.17) is 11.6 Å². The number of aryl methyl sites for hydroxylation is 1. The molecule has 2 heterocycles. The molecular weight excluding hydrogens is 305 g/mol. The maximum absolute atomic E-state index is 14.1. The number of hydrogen-bond donors (Lipinski definition) is 1. The van der Waals surface area contributed by atoms with Crippen LogP contribution in [0.1, 0.15) is 12.0 Å². The normalized spacial score (nSPS) is 13.6. The van der Waals surface area contributed by atoms with Crippen molar-refractivity contribution in [3.63, 3.8) is 0 Å². The van der Waals surface area contributed by atoms with Gasteiger partial charge in [0, 0.05) is 12.7 Å². The molecule has 6 heteroatoms. The quantitative estimate of drug-likeness (QED) is 0.883. The molecule has 1 aliphatic heterocycles. The first-order chi connectivity index (χ1) is 10.6. The number of para-hydroxylation sites is 1. The van der Waals surface area contributed by atoms with Crippen LogP contribution in [-0.4, -0.2) is 24.0 Å². The van der Waals surface area contributed by atoms with Crippen molar-refractivity contribution in [2.24, 2.45) is 0 Å². The van der Waals surface area contributed by atoms with Crippen molar-refractivity contribution in [2.75, 3.05) is 23.3 Å². The number of aromatic nitrogens is 1. The van der Waals surface area contributed by atoms with Crippen molar-refractivity contribution >= 4 is 28.9 Å². The summed E-state index contributed by atoms with van der Waals surface area (Å²) in [6, 6.07) is 8.40. The van der Waals surface area contributed by atoms with Gasteiger partial charge in [-0.3, -0.25) is 4.79 Å². The van der Waals surface area contributed by atoms with Crippen LogP contribution in [0.4, 0.5) is 15.8 Å². The van der Waals surface area contributed by atoms with Crippen molar-refractivity contribution < 1.29 is 9.18 Å². The third-order valence-electron chi connectivity index (χ3n) is 3.63. The van der Waals surface area contributed by atoms with Crippen LogP contribution < -0.4 is 10.2 Å². The van der Waals surface area contributed by atoms with Crippen LogP contribution in [0.15, 0.2) is 36.5 Å². The molecule has 0 radical (unpaired) electrons. The molecule has 1 aliphatic rings. The minimum Gasteiger partial charge on any atom is -0.360 e. The van der Waals surface area contributed by atoms with E-state index in [2.05, 4.69) is 10.3 Å². The summed E-state index contributed by atoms with van der Waals surface area (Å²) in [5, 5.41) is 2.95. The lowest BCUT2D eigenvalue weighted by atomic mass is 10.0. The standard InChI is InChI=1S/C16H15ClFN3O/c17-16-13(7-2-8-19-16)20-14(22)10-21-9-3-5-11-4-1-6-12(18)15(11)21/h1-2,4,6-8H,3,5,9-10H2,(H,20,22). The minimum absolute atomic E-state index is 0.0825. The van der Waals surface area contributed by atoms with E-state index >= 15 is 0 Å². The van der Waals surface area contributed by atoms with Gasteiger partial charge in [0.05, 0.1) is 17.9 Å². The highest BCUT2D eigenvalue weighted by Crippen LogP contribution is 2.29. The SMILES string of the molecule is O=C(CN1CCCc2cccc(F)c21)Nc1cccnc1Cl. The predicted octanol–water partition coefficient (Wildman–Crippen LogP) is 3.27. The van der Waals surface area contributed by atoms with E-state index < -0.39 is 0 Å². The molecule has 3 rings (SSSR count). The number of anilines is 2. The fraction of sp³-hybridized carbons (Fsp3) is 0.250. The van der Waals surface area contributed by atoms with Crippen LogP contribution in [0, 0.1) is 5.82 Å². The molecule has 0 bridgehead atoms. The molecule has 4 nitrogen and oxygen atoms in total. The first-order valence-electron chi connectivity index (χ1n) is 7.08. The van der Waals surface area contributed by atoms with E-state index in [1.807, 2.05) is 6.07 Å². The molecule has 0 aliphatic carbocycles. The Morgan fingerprint density at radius 2 is 2.23 bits per heavy atom. The number of fused-ring (bicyclic) bond motifs is 1. The van der Waals surface area contributed by atoms with E-state index in [1.165, 1.54) is 6.07 Å². The minimum atomic E-state index is -0.288. The second kappa shape index (κ2) is 6.32. The highest BCUT2D eigenvalue weighted by molar-refractivity contribution is 6.32. The molecule has 0 atom stereocenters. The molecule has 0 spiro atoms. The van der Waals surface area contributed by atoms with Gasteiger partial charge in [-0.05, 0) is 36.6 Å². The number of nitrogens with one attached hydrogen (secondary N) is 1. The highest BCUT2D eigenvalue weighted by Gasteiger charge is 2.22. The van der Waals surface area contributed by atoms with Crippen molar-refractivity contribution in [2.45, 2.75) is 12.8 Å². The summed E-state index contributed by atoms with van der Waals surface area (Å²) >= 11 is 5.92. The lowest BCUT2D eigenvalue weighted by Gasteiger charge is -2.31. The first-order valence-corrected chi connectivity index (χ1v) is 7.45. The van der Waals surface area contributed by atoms with Gasteiger partial charge in [-0.2, -0.15) is 0 Å². The van der Waals surface area contributed by atoms with Gasteiger partial charge >= 0.3 is 0 Å². The van der Waals surface area contributed by atoms with E-state index in [-0.39, 0.29) is 23.4 Å². The number of nitrogens with zero attached hydrogens (tertiary/aromatic N) is 2. The average Bonchev–Trinajstić information content (AvgIpc) is 2.50. The molecule has 1 N–H and O–H groups in total. The maximum atomic E-state index is 14.1. The zero-order valence-corrected chi connectivity index (χ0v) is 12.6. The van der Waals surface area contributed by atoms with E-state index in [0.29, 0.717) is 17.9 Å². The molecule has 2 aromatic rings. The van der Waals surface area contributed by atoms with Gasteiger partial charge in [-0.15, -0.1) is 0 Å². The van der Waals surface area contributed by atoms with Crippen molar-refractivity contribution in [3.05, 3.63) is 53.1 Å². The Kier molecular flexibility index (Phi) is 4.24. The van der Waals surface area contributed by atoms with Gasteiger partial charge in [-0.1, -0.05) is 23.7 Å². The fourth-order valence-electron chi connectivity index (χ4n) is 2.69. The van der Waals surface area contributed by atoms with Crippen LogP contribution in [0.5, 0.6) is 0 Å². The van der Waals surface area contributed by atoms with Gasteiger partial charge in [0.1, 0.15) is 5.82 Å². The van der Waals surface area contributed by atoms with Gasteiger partial charge in [0.2, 0.25) is 5.91 Å². The molecule has 0 unspecified atom stereocenters. The number of rotatable bonds is 3. The third-order valence-corrected chi connectivity index (χ3v) is 3.93. The largest absolute Gasteiger partial charge is 0.360 e. The second-order valence-corrected chi connectivity index (χ2v) is 5.52. The Morgan fingerprint density at radius 1 is 1.36 bits per heavy atom. The van der Waals surface area contributed by atoms with Gasteiger partial charge in [-0.25, -0.2) is 9.37 Å². The third kappa shape index (κ3) is 3.04.